The van der Waals surface area contributed by atoms with E-state index in [-0.39, 0.29) is 41.8 Å². The molecule has 1 aromatic rings. The van der Waals surface area contributed by atoms with E-state index in [0.717, 1.165) is 0 Å². The first kappa shape index (κ1) is 21.6. The van der Waals surface area contributed by atoms with Crippen molar-refractivity contribution in [1.29, 1.82) is 5.26 Å². The number of nitrogens with one attached hydrogen (secondary N) is 1. The summed E-state index contributed by atoms with van der Waals surface area (Å²) in [6.45, 7) is 4.27. The van der Waals surface area contributed by atoms with Crippen LogP contribution in [0.5, 0.6) is 0 Å². The number of nitriles is 1. The maximum absolute atomic E-state index is 13.9. The second-order valence-corrected chi connectivity index (χ2v) is 9.06. The van der Waals surface area contributed by atoms with Crippen molar-refractivity contribution in [2.24, 2.45) is 4.99 Å². The molecule has 0 spiro atoms. The molecule has 1 heterocycles. The first-order valence-electron chi connectivity index (χ1n) is 7.56. The monoisotopic (exact) mass is 480 g/mol. The van der Waals surface area contributed by atoms with Gasteiger partial charge >= 0.3 is 0 Å². The van der Waals surface area contributed by atoms with Gasteiger partial charge in [0.05, 0.1) is 22.1 Å². The second-order valence-electron chi connectivity index (χ2n) is 6.32. The summed E-state index contributed by atoms with van der Waals surface area (Å²) in [5.41, 5.74) is 0.683. The van der Waals surface area contributed by atoms with Crippen LogP contribution in [0.3, 0.4) is 0 Å². The number of halogens is 2. The van der Waals surface area contributed by atoms with Gasteiger partial charge in [0.15, 0.2) is 15.8 Å². The van der Waals surface area contributed by atoms with Crippen LogP contribution in [0, 0.1) is 17.1 Å². The van der Waals surface area contributed by atoms with Crippen LogP contribution in [0.1, 0.15) is 25.0 Å². The van der Waals surface area contributed by atoms with Gasteiger partial charge in [0.25, 0.3) is 0 Å². The van der Waals surface area contributed by atoms with Crippen LogP contribution in [0.15, 0.2) is 23.2 Å². The lowest BCUT2D eigenvalue weighted by molar-refractivity contribution is 0.353. The fourth-order valence-electron chi connectivity index (χ4n) is 2.59. The van der Waals surface area contributed by atoms with Gasteiger partial charge in [-0.2, -0.15) is 5.26 Å². The van der Waals surface area contributed by atoms with Crippen molar-refractivity contribution in [3.05, 3.63) is 35.1 Å². The number of benzene rings is 1. The van der Waals surface area contributed by atoms with Crippen LogP contribution in [0.4, 0.5) is 4.39 Å². The molecule has 0 atom stereocenters. The highest BCUT2D eigenvalue weighted by atomic mass is 127. The molecule has 0 bridgehead atoms. The van der Waals surface area contributed by atoms with Crippen molar-refractivity contribution in [1.82, 2.24) is 10.2 Å². The van der Waals surface area contributed by atoms with E-state index in [1.165, 1.54) is 6.07 Å². The van der Waals surface area contributed by atoms with E-state index >= 15 is 0 Å². The molecule has 1 saturated heterocycles. The SMILES string of the molecule is CN=C(NCc1ccc(C#N)cc1F)N1CCS(=O)(=O)C(C)(C)C1.I. The molecule has 2 rings (SSSR count). The third-order valence-electron chi connectivity index (χ3n) is 4.17. The lowest BCUT2D eigenvalue weighted by atomic mass is 10.1. The van der Waals surface area contributed by atoms with Crippen molar-refractivity contribution in [2.45, 2.75) is 25.1 Å². The second kappa shape index (κ2) is 8.31. The highest BCUT2D eigenvalue weighted by Gasteiger charge is 2.40. The minimum atomic E-state index is -3.13. The summed E-state index contributed by atoms with van der Waals surface area (Å²) in [5.74, 6) is 0.131. The summed E-state index contributed by atoms with van der Waals surface area (Å²) in [5, 5.41) is 11.8. The molecular weight excluding hydrogens is 458 g/mol. The molecule has 6 nitrogen and oxygen atoms in total. The number of guanidine groups is 1. The minimum absolute atomic E-state index is 0. The zero-order valence-corrected chi connectivity index (χ0v) is 17.6. The van der Waals surface area contributed by atoms with Crippen LogP contribution in [0.25, 0.3) is 0 Å². The molecule has 1 aliphatic heterocycles. The van der Waals surface area contributed by atoms with Crippen LogP contribution >= 0.6 is 24.0 Å². The molecular formula is C16H22FIN4O2S. The maximum atomic E-state index is 13.9. The Kier molecular flexibility index (Phi) is 7.19. The summed E-state index contributed by atoms with van der Waals surface area (Å²) in [4.78, 5) is 6.03. The summed E-state index contributed by atoms with van der Waals surface area (Å²) in [7, 11) is -1.53. The van der Waals surface area contributed by atoms with Gasteiger partial charge < -0.3 is 10.2 Å². The van der Waals surface area contributed by atoms with Crippen molar-refractivity contribution >= 4 is 39.8 Å². The predicted molar refractivity (Wildman–Crippen MR) is 106 cm³/mol. The van der Waals surface area contributed by atoms with Crippen LogP contribution in [-0.4, -0.2) is 49.9 Å². The van der Waals surface area contributed by atoms with E-state index in [9.17, 15) is 12.8 Å². The Morgan fingerprint density at radius 3 is 2.68 bits per heavy atom. The Balaban J connectivity index is 0.00000312. The Bertz CT molecular complexity index is 803. The average molecular weight is 480 g/mol. The summed E-state index contributed by atoms with van der Waals surface area (Å²) < 4.78 is 37.2. The Morgan fingerprint density at radius 2 is 2.16 bits per heavy atom. The van der Waals surface area contributed by atoms with Gasteiger partial charge in [0, 0.05) is 32.2 Å². The molecule has 9 heteroatoms. The third-order valence-corrected chi connectivity index (χ3v) is 6.71. The first-order chi connectivity index (χ1) is 11.2. The number of rotatable bonds is 2. The Hall–Kier alpha value is -1.41. The van der Waals surface area contributed by atoms with Gasteiger partial charge in [-0.3, -0.25) is 4.99 Å². The lowest BCUT2D eigenvalue weighted by Gasteiger charge is -2.39. The predicted octanol–water partition coefficient (Wildman–Crippen LogP) is 1.90. The third kappa shape index (κ3) is 4.82. The highest BCUT2D eigenvalue weighted by Crippen LogP contribution is 2.23. The highest BCUT2D eigenvalue weighted by molar-refractivity contribution is 14.0. The van der Waals surface area contributed by atoms with Gasteiger partial charge in [-0.1, -0.05) is 6.07 Å². The Morgan fingerprint density at radius 1 is 1.48 bits per heavy atom. The normalized spacial score (nSPS) is 18.8. The molecule has 0 unspecified atom stereocenters. The standard InChI is InChI=1S/C16H21FN4O2S.HI/c1-16(2)11-21(6-7-24(16,22)23)15(19-3)20-10-13-5-4-12(9-18)8-14(13)17;/h4-5,8H,6-7,10-11H2,1-3H3,(H,19,20);1H. The average Bonchev–Trinajstić information content (AvgIpc) is 2.52. The molecule has 0 aliphatic carbocycles. The molecule has 0 aromatic heterocycles. The fraction of sp³-hybridized carbons (Fsp3) is 0.500. The van der Waals surface area contributed by atoms with Crippen LogP contribution in [0.2, 0.25) is 0 Å². The maximum Gasteiger partial charge on any atom is 0.193 e. The number of hydrogen-bond donors (Lipinski definition) is 1. The topological polar surface area (TPSA) is 85.6 Å². The molecule has 1 N–H and O–H groups in total. The summed E-state index contributed by atoms with van der Waals surface area (Å²) in [6.07, 6.45) is 0. The zero-order valence-electron chi connectivity index (χ0n) is 14.4. The van der Waals surface area contributed by atoms with E-state index in [1.807, 2.05) is 11.0 Å². The minimum Gasteiger partial charge on any atom is -0.352 e. The van der Waals surface area contributed by atoms with Gasteiger partial charge in [0.1, 0.15) is 5.82 Å². The number of sulfone groups is 1. The number of nitrogens with zero attached hydrogens (tertiary/aromatic N) is 3. The number of aliphatic imine (C=N–C) groups is 1. The summed E-state index contributed by atoms with van der Waals surface area (Å²) in [6, 6.07) is 6.19. The van der Waals surface area contributed by atoms with Gasteiger partial charge in [0.2, 0.25) is 0 Å². The summed E-state index contributed by atoms with van der Waals surface area (Å²) >= 11 is 0. The molecule has 0 radical (unpaired) electrons. The first-order valence-corrected chi connectivity index (χ1v) is 9.22. The molecule has 1 fully saturated rings. The van der Waals surface area contributed by atoms with Gasteiger partial charge in [-0.15, -0.1) is 24.0 Å². The van der Waals surface area contributed by atoms with Crippen molar-refractivity contribution < 1.29 is 12.8 Å². The smallest absolute Gasteiger partial charge is 0.193 e. The van der Waals surface area contributed by atoms with Crippen LogP contribution in [-0.2, 0) is 16.4 Å². The molecule has 0 amide bonds. The fourth-order valence-corrected chi connectivity index (χ4v) is 3.96. The zero-order chi connectivity index (χ0) is 18.0. The molecule has 1 aromatic carbocycles. The quantitative estimate of drug-likeness (QED) is 0.397. The van der Waals surface area contributed by atoms with Crippen molar-refractivity contribution in [3.8, 4) is 6.07 Å². The molecule has 138 valence electrons. The van der Waals surface area contributed by atoms with Crippen molar-refractivity contribution in [3.63, 3.8) is 0 Å². The van der Waals surface area contributed by atoms with E-state index in [4.69, 9.17) is 5.26 Å². The van der Waals surface area contributed by atoms with E-state index < -0.39 is 20.4 Å². The van der Waals surface area contributed by atoms with E-state index in [0.29, 0.717) is 24.6 Å². The lowest BCUT2D eigenvalue weighted by Crippen LogP contribution is -2.57. The van der Waals surface area contributed by atoms with E-state index in [1.54, 1.807) is 33.0 Å². The largest absolute Gasteiger partial charge is 0.352 e. The van der Waals surface area contributed by atoms with Crippen molar-refractivity contribution in [2.75, 3.05) is 25.9 Å². The Labute approximate surface area is 165 Å². The number of hydrogen-bond acceptors (Lipinski definition) is 4. The molecule has 25 heavy (non-hydrogen) atoms. The molecule has 1 aliphatic rings. The molecule has 0 saturated carbocycles. The van der Waals surface area contributed by atoms with Crippen LogP contribution < -0.4 is 5.32 Å². The van der Waals surface area contributed by atoms with Gasteiger partial charge in [-0.05, 0) is 26.0 Å². The van der Waals surface area contributed by atoms with E-state index in [2.05, 4.69) is 10.3 Å². The van der Waals surface area contributed by atoms with Gasteiger partial charge in [-0.25, -0.2) is 12.8 Å².